The summed E-state index contributed by atoms with van der Waals surface area (Å²) < 4.78 is 5.75. The number of hydrogen-bond donors (Lipinski definition) is 0. The van der Waals surface area contributed by atoms with E-state index in [-0.39, 0.29) is 12.0 Å². The molecule has 2 aliphatic rings. The first-order valence-electron chi connectivity index (χ1n) is 10.4. The fraction of sp³-hybridized carbons (Fsp3) is 0.250. The Kier molecular flexibility index (Phi) is 5.08. The lowest BCUT2D eigenvalue weighted by Gasteiger charge is -2.34. The summed E-state index contributed by atoms with van der Waals surface area (Å²) in [6.45, 7) is 2.63. The van der Waals surface area contributed by atoms with E-state index >= 15 is 0 Å². The number of nitrogens with zero attached hydrogens (tertiary/aromatic N) is 4. The van der Waals surface area contributed by atoms with Crippen molar-refractivity contribution in [1.29, 1.82) is 0 Å². The van der Waals surface area contributed by atoms with Crippen LogP contribution in [0, 0.1) is 0 Å². The highest BCUT2D eigenvalue weighted by Gasteiger charge is 2.30. The van der Waals surface area contributed by atoms with E-state index in [0.29, 0.717) is 44.3 Å². The lowest BCUT2D eigenvalue weighted by Crippen LogP contribution is -2.49. The van der Waals surface area contributed by atoms with Crippen molar-refractivity contribution in [2.45, 2.75) is 5.92 Å². The minimum absolute atomic E-state index is 0.0578. The Hall–Kier alpha value is -3.74. The zero-order valence-electron chi connectivity index (χ0n) is 17.0. The second-order valence-electron chi connectivity index (χ2n) is 7.71. The fourth-order valence-electron chi connectivity index (χ4n) is 4.33. The van der Waals surface area contributed by atoms with Gasteiger partial charge < -0.3 is 14.5 Å². The quantitative estimate of drug-likeness (QED) is 0.610. The van der Waals surface area contributed by atoms with Gasteiger partial charge in [-0.3, -0.25) is 4.79 Å². The minimum atomic E-state index is -0.293. The molecule has 0 atom stereocenters. The SMILES string of the molecule is O=Cc1cnc(N2CCN(C(=O)OCC3c4ccccc4-c4ccccc43)CC2)nc1. The van der Waals surface area contributed by atoms with Crippen molar-refractivity contribution in [3.8, 4) is 11.1 Å². The number of aromatic nitrogens is 2. The van der Waals surface area contributed by atoms with Gasteiger partial charge in [-0.05, 0) is 22.3 Å². The molecule has 0 N–H and O–H groups in total. The van der Waals surface area contributed by atoms with E-state index in [1.165, 1.54) is 34.6 Å². The number of amides is 1. The van der Waals surface area contributed by atoms with Gasteiger partial charge in [0.05, 0.1) is 5.56 Å². The van der Waals surface area contributed by atoms with Gasteiger partial charge in [0.2, 0.25) is 5.95 Å². The third-order valence-corrected chi connectivity index (χ3v) is 5.95. The maximum absolute atomic E-state index is 12.7. The first kappa shape index (κ1) is 19.2. The van der Waals surface area contributed by atoms with Crippen LogP contribution in [0.1, 0.15) is 27.4 Å². The number of rotatable bonds is 4. The molecular formula is C24H22N4O3. The standard InChI is InChI=1S/C24H22N4O3/c29-15-17-13-25-23(26-14-17)27-9-11-28(12-10-27)24(30)31-16-22-20-7-3-1-5-18(20)19-6-2-4-8-21(19)22/h1-8,13-15,22H,9-12,16H2. The summed E-state index contributed by atoms with van der Waals surface area (Å²) in [5.74, 6) is 0.625. The predicted octanol–water partition coefficient (Wildman–Crippen LogP) is 3.36. The third kappa shape index (κ3) is 3.63. The summed E-state index contributed by atoms with van der Waals surface area (Å²) in [6.07, 6.45) is 3.44. The first-order valence-corrected chi connectivity index (χ1v) is 10.4. The topological polar surface area (TPSA) is 75.6 Å². The number of fused-ring (bicyclic) bond motifs is 3. The molecule has 1 aliphatic carbocycles. The van der Waals surface area contributed by atoms with Crippen LogP contribution in [0.2, 0.25) is 0 Å². The number of anilines is 1. The summed E-state index contributed by atoms with van der Waals surface area (Å²) in [5, 5.41) is 0. The van der Waals surface area contributed by atoms with Crippen molar-refractivity contribution in [3.63, 3.8) is 0 Å². The zero-order chi connectivity index (χ0) is 21.2. The van der Waals surface area contributed by atoms with Crippen LogP contribution in [-0.2, 0) is 4.74 Å². The van der Waals surface area contributed by atoms with E-state index in [9.17, 15) is 9.59 Å². The second-order valence-corrected chi connectivity index (χ2v) is 7.71. The van der Waals surface area contributed by atoms with Crippen LogP contribution in [-0.4, -0.2) is 60.0 Å². The summed E-state index contributed by atoms with van der Waals surface area (Å²) >= 11 is 0. The second kappa shape index (κ2) is 8.18. The molecule has 1 fully saturated rings. The Morgan fingerprint density at radius 3 is 2.10 bits per heavy atom. The van der Waals surface area contributed by atoms with Gasteiger partial charge >= 0.3 is 6.09 Å². The van der Waals surface area contributed by atoms with E-state index in [4.69, 9.17) is 4.74 Å². The molecule has 1 saturated heterocycles. The monoisotopic (exact) mass is 414 g/mol. The minimum Gasteiger partial charge on any atom is -0.448 e. The highest BCUT2D eigenvalue weighted by atomic mass is 16.6. The lowest BCUT2D eigenvalue weighted by molar-refractivity contribution is 0.0975. The molecule has 1 aliphatic heterocycles. The molecule has 5 rings (SSSR count). The molecule has 1 aromatic heterocycles. The molecule has 156 valence electrons. The normalized spacial score (nSPS) is 15.4. The third-order valence-electron chi connectivity index (χ3n) is 5.95. The molecule has 0 bridgehead atoms. The van der Waals surface area contributed by atoms with Crippen LogP contribution in [0.3, 0.4) is 0 Å². The van der Waals surface area contributed by atoms with Gasteiger partial charge in [-0.2, -0.15) is 0 Å². The molecule has 0 radical (unpaired) electrons. The molecule has 3 aromatic rings. The number of hydrogen-bond acceptors (Lipinski definition) is 6. The number of carbonyl (C=O) groups excluding carboxylic acids is 2. The number of carbonyl (C=O) groups is 2. The average molecular weight is 414 g/mol. The molecule has 1 amide bonds. The maximum Gasteiger partial charge on any atom is 0.409 e. The first-order chi connectivity index (χ1) is 15.2. The van der Waals surface area contributed by atoms with Crippen molar-refractivity contribution in [3.05, 3.63) is 77.6 Å². The van der Waals surface area contributed by atoms with Gasteiger partial charge in [-0.15, -0.1) is 0 Å². The van der Waals surface area contributed by atoms with E-state index in [0.717, 1.165) is 6.29 Å². The lowest BCUT2D eigenvalue weighted by atomic mass is 9.98. The molecule has 7 heteroatoms. The van der Waals surface area contributed by atoms with Crippen LogP contribution in [0.4, 0.5) is 10.7 Å². The van der Waals surface area contributed by atoms with Gasteiger partial charge in [0.25, 0.3) is 0 Å². The fourth-order valence-corrected chi connectivity index (χ4v) is 4.33. The van der Waals surface area contributed by atoms with Crippen LogP contribution < -0.4 is 4.90 Å². The Balaban J connectivity index is 1.20. The number of ether oxygens (including phenoxy) is 1. The largest absolute Gasteiger partial charge is 0.448 e. The van der Waals surface area contributed by atoms with E-state index < -0.39 is 0 Å². The number of aldehydes is 1. The van der Waals surface area contributed by atoms with Crippen molar-refractivity contribution >= 4 is 18.3 Å². The molecule has 2 aromatic carbocycles. The summed E-state index contributed by atoms with van der Waals surface area (Å²) in [4.78, 5) is 35.6. The molecule has 0 unspecified atom stereocenters. The molecule has 0 saturated carbocycles. The summed E-state index contributed by atoms with van der Waals surface area (Å²) in [6, 6.07) is 16.6. The zero-order valence-corrected chi connectivity index (χ0v) is 17.0. The van der Waals surface area contributed by atoms with Crippen LogP contribution in [0.15, 0.2) is 60.9 Å². The van der Waals surface area contributed by atoms with Crippen LogP contribution >= 0.6 is 0 Å². The van der Waals surface area contributed by atoms with Crippen molar-refractivity contribution in [2.24, 2.45) is 0 Å². The van der Waals surface area contributed by atoms with Gasteiger partial charge in [0.15, 0.2) is 6.29 Å². The molecule has 31 heavy (non-hydrogen) atoms. The van der Waals surface area contributed by atoms with E-state index in [1.807, 2.05) is 29.2 Å². The Bertz CT molecular complexity index is 1060. The van der Waals surface area contributed by atoms with Crippen LogP contribution in [0.5, 0.6) is 0 Å². The van der Waals surface area contributed by atoms with Crippen molar-refractivity contribution in [2.75, 3.05) is 37.7 Å². The van der Waals surface area contributed by atoms with Gasteiger partial charge in [-0.1, -0.05) is 48.5 Å². The van der Waals surface area contributed by atoms with Gasteiger partial charge in [-0.25, -0.2) is 14.8 Å². The molecule has 0 spiro atoms. The molecule has 2 heterocycles. The van der Waals surface area contributed by atoms with E-state index in [1.54, 1.807) is 4.90 Å². The van der Waals surface area contributed by atoms with Crippen molar-refractivity contribution < 1.29 is 14.3 Å². The smallest absolute Gasteiger partial charge is 0.409 e. The predicted molar refractivity (Wildman–Crippen MR) is 116 cm³/mol. The highest BCUT2D eigenvalue weighted by molar-refractivity contribution is 5.79. The van der Waals surface area contributed by atoms with Crippen LogP contribution in [0.25, 0.3) is 11.1 Å². The Labute approximate surface area is 180 Å². The summed E-state index contributed by atoms with van der Waals surface area (Å²) in [5.41, 5.74) is 5.29. The summed E-state index contributed by atoms with van der Waals surface area (Å²) in [7, 11) is 0. The average Bonchev–Trinajstić information content (AvgIpc) is 3.16. The Morgan fingerprint density at radius 2 is 1.52 bits per heavy atom. The Morgan fingerprint density at radius 1 is 0.935 bits per heavy atom. The van der Waals surface area contributed by atoms with E-state index in [2.05, 4.69) is 34.2 Å². The molecule has 7 nitrogen and oxygen atoms in total. The number of benzene rings is 2. The highest BCUT2D eigenvalue weighted by Crippen LogP contribution is 2.44. The van der Waals surface area contributed by atoms with Gasteiger partial charge in [0.1, 0.15) is 6.61 Å². The number of piperazine rings is 1. The van der Waals surface area contributed by atoms with Crippen molar-refractivity contribution in [1.82, 2.24) is 14.9 Å². The van der Waals surface area contributed by atoms with Gasteiger partial charge in [0, 0.05) is 44.5 Å². The molecular weight excluding hydrogens is 392 g/mol. The maximum atomic E-state index is 12.7.